The number of benzene rings is 1. The highest BCUT2D eigenvalue weighted by atomic mass is 79.9. The lowest BCUT2D eigenvalue weighted by atomic mass is 10.1. The molecule has 0 aliphatic rings. The van der Waals surface area contributed by atoms with E-state index in [1.165, 1.54) is 6.20 Å². The van der Waals surface area contributed by atoms with Crippen LogP contribution in [0.15, 0.2) is 22.8 Å². The second-order valence-electron chi connectivity index (χ2n) is 2.94. The Kier molecular flexibility index (Phi) is 2.44. The molecule has 3 nitrogen and oxygen atoms in total. The van der Waals surface area contributed by atoms with Gasteiger partial charge in [-0.15, -0.1) is 0 Å². The van der Waals surface area contributed by atoms with Gasteiger partial charge in [-0.2, -0.15) is 5.10 Å². The summed E-state index contributed by atoms with van der Waals surface area (Å²) in [4.78, 5) is 0. The summed E-state index contributed by atoms with van der Waals surface area (Å²) in [5.41, 5.74) is 6.56. The van der Waals surface area contributed by atoms with E-state index in [0.717, 1.165) is 12.1 Å². The maximum atomic E-state index is 13.0. The Morgan fingerprint density at radius 2 is 1.87 bits per heavy atom. The van der Waals surface area contributed by atoms with E-state index in [1.807, 2.05) is 0 Å². The summed E-state index contributed by atoms with van der Waals surface area (Å²) in [6.07, 6.45) is 1.45. The summed E-state index contributed by atoms with van der Waals surface area (Å²) < 4.78 is 26.3. The molecule has 0 atom stereocenters. The lowest BCUT2D eigenvalue weighted by Gasteiger charge is -2.03. The Balaban J connectivity index is 2.64. The van der Waals surface area contributed by atoms with E-state index in [-0.39, 0.29) is 0 Å². The van der Waals surface area contributed by atoms with Gasteiger partial charge < -0.3 is 5.73 Å². The van der Waals surface area contributed by atoms with Crippen LogP contribution in [0.3, 0.4) is 0 Å². The number of nitrogens with zero attached hydrogens (tertiary/aromatic N) is 1. The average molecular weight is 274 g/mol. The number of nitrogens with two attached hydrogens (primary N) is 1. The second kappa shape index (κ2) is 3.62. The van der Waals surface area contributed by atoms with Crippen LogP contribution in [-0.4, -0.2) is 10.2 Å². The van der Waals surface area contributed by atoms with Crippen molar-refractivity contribution in [1.82, 2.24) is 10.2 Å². The van der Waals surface area contributed by atoms with Crippen molar-refractivity contribution in [3.63, 3.8) is 0 Å². The van der Waals surface area contributed by atoms with E-state index in [4.69, 9.17) is 5.73 Å². The minimum atomic E-state index is -0.922. The zero-order valence-corrected chi connectivity index (χ0v) is 8.98. The topological polar surface area (TPSA) is 54.7 Å². The van der Waals surface area contributed by atoms with Crippen LogP contribution in [0.25, 0.3) is 11.1 Å². The summed E-state index contributed by atoms with van der Waals surface area (Å²) in [7, 11) is 0. The largest absolute Gasteiger partial charge is 0.384 e. The molecule has 2 aromatic rings. The Morgan fingerprint density at radius 3 is 2.47 bits per heavy atom. The number of aromatic nitrogens is 2. The zero-order chi connectivity index (χ0) is 11.0. The number of halogens is 3. The summed E-state index contributed by atoms with van der Waals surface area (Å²) in [5, 5.41) is 6.22. The van der Waals surface area contributed by atoms with Crippen molar-refractivity contribution >= 4 is 21.7 Å². The summed E-state index contributed by atoms with van der Waals surface area (Å²) in [6, 6.07) is 2.12. The molecule has 0 fully saturated rings. The van der Waals surface area contributed by atoms with Crippen LogP contribution < -0.4 is 5.73 Å². The van der Waals surface area contributed by atoms with Gasteiger partial charge in [0.1, 0.15) is 5.82 Å². The molecule has 0 bridgehead atoms. The van der Waals surface area contributed by atoms with Crippen LogP contribution in [0, 0.1) is 11.6 Å². The van der Waals surface area contributed by atoms with Gasteiger partial charge in [0.05, 0.1) is 6.20 Å². The number of H-pyrrole nitrogens is 1. The minimum absolute atomic E-state index is 0.307. The minimum Gasteiger partial charge on any atom is -0.384 e. The van der Waals surface area contributed by atoms with Gasteiger partial charge in [-0.1, -0.05) is 15.9 Å². The molecule has 1 aromatic heterocycles. The van der Waals surface area contributed by atoms with E-state index < -0.39 is 11.6 Å². The maximum Gasteiger partial charge on any atom is 0.159 e. The molecule has 0 aliphatic heterocycles. The summed E-state index contributed by atoms with van der Waals surface area (Å²) in [6.45, 7) is 0. The highest BCUT2D eigenvalue weighted by Gasteiger charge is 2.12. The third-order valence-corrected chi connectivity index (χ3v) is 2.63. The van der Waals surface area contributed by atoms with Gasteiger partial charge in [0.15, 0.2) is 11.6 Å². The maximum absolute atomic E-state index is 13.0. The third kappa shape index (κ3) is 1.72. The van der Waals surface area contributed by atoms with Crippen LogP contribution in [0.1, 0.15) is 0 Å². The smallest absolute Gasteiger partial charge is 0.159 e. The monoisotopic (exact) mass is 273 g/mol. The molecule has 1 heterocycles. The highest BCUT2D eigenvalue weighted by Crippen LogP contribution is 2.32. The van der Waals surface area contributed by atoms with E-state index in [2.05, 4.69) is 26.1 Å². The molecule has 2 rings (SSSR count). The Morgan fingerprint density at radius 1 is 1.20 bits per heavy atom. The Bertz CT molecular complexity index is 510. The van der Waals surface area contributed by atoms with Crippen molar-refractivity contribution in [2.24, 2.45) is 0 Å². The third-order valence-electron chi connectivity index (χ3n) is 1.97. The van der Waals surface area contributed by atoms with E-state index in [0.29, 0.717) is 21.4 Å². The molecule has 0 amide bonds. The van der Waals surface area contributed by atoms with Gasteiger partial charge in [0.25, 0.3) is 0 Å². The molecule has 15 heavy (non-hydrogen) atoms. The van der Waals surface area contributed by atoms with Gasteiger partial charge in [-0.05, 0) is 12.1 Å². The van der Waals surface area contributed by atoms with Crippen molar-refractivity contribution in [1.29, 1.82) is 0 Å². The van der Waals surface area contributed by atoms with Gasteiger partial charge in [0.2, 0.25) is 0 Å². The Hall–Kier alpha value is -1.43. The van der Waals surface area contributed by atoms with Crippen molar-refractivity contribution in [2.75, 3.05) is 5.73 Å². The van der Waals surface area contributed by atoms with Crippen LogP contribution in [0.5, 0.6) is 0 Å². The van der Waals surface area contributed by atoms with Crippen molar-refractivity contribution in [3.05, 3.63) is 34.4 Å². The number of aromatic amines is 1. The molecular formula is C9H6BrF2N3. The van der Waals surface area contributed by atoms with Gasteiger partial charge in [-0.3, -0.25) is 5.10 Å². The fraction of sp³-hybridized carbons (Fsp3) is 0. The zero-order valence-electron chi connectivity index (χ0n) is 7.39. The van der Waals surface area contributed by atoms with Crippen LogP contribution in [0.4, 0.5) is 14.6 Å². The Labute approximate surface area is 92.4 Å². The molecule has 0 unspecified atom stereocenters. The van der Waals surface area contributed by atoms with Crippen LogP contribution >= 0.6 is 15.9 Å². The average Bonchev–Trinajstić information content (AvgIpc) is 2.58. The molecule has 0 saturated heterocycles. The van der Waals surface area contributed by atoms with E-state index >= 15 is 0 Å². The van der Waals surface area contributed by atoms with E-state index in [9.17, 15) is 8.78 Å². The summed E-state index contributed by atoms with van der Waals surface area (Å²) in [5.74, 6) is -1.52. The first-order valence-corrected chi connectivity index (χ1v) is 4.82. The first-order chi connectivity index (χ1) is 7.09. The number of hydrogen-bond acceptors (Lipinski definition) is 2. The molecule has 78 valence electrons. The second-order valence-corrected chi connectivity index (χ2v) is 3.80. The van der Waals surface area contributed by atoms with Crippen LogP contribution in [-0.2, 0) is 0 Å². The summed E-state index contributed by atoms with van der Waals surface area (Å²) >= 11 is 3.13. The SMILES string of the molecule is Nc1[nH]ncc1-c1cc(F)c(F)cc1Br. The fourth-order valence-corrected chi connectivity index (χ4v) is 1.77. The number of hydrogen-bond donors (Lipinski definition) is 2. The molecule has 0 radical (unpaired) electrons. The molecule has 0 aliphatic carbocycles. The molecular weight excluding hydrogens is 268 g/mol. The number of anilines is 1. The first-order valence-electron chi connectivity index (χ1n) is 4.03. The van der Waals surface area contributed by atoms with E-state index in [1.54, 1.807) is 0 Å². The fourth-order valence-electron chi connectivity index (χ4n) is 1.24. The van der Waals surface area contributed by atoms with Gasteiger partial charge >= 0.3 is 0 Å². The number of rotatable bonds is 1. The van der Waals surface area contributed by atoms with Gasteiger partial charge in [0, 0.05) is 15.6 Å². The molecule has 6 heteroatoms. The number of nitrogens with one attached hydrogen (secondary N) is 1. The highest BCUT2D eigenvalue weighted by molar-refractivity contribution is 9.10. The quantitative estimate of drug-likeness (QED) is 0.785. The van der Waals surface area contributed by atoms with Crippen molar-refractivity contribution in [2.45, 2.75) is 0 Å². The molecule has 1 aromatic carbocycles. The first kappa shape index (κ1) is 10.1. The van der Waals surface area contributed by atoms with Gasteiger partial charge in [-0.25, -0.2) is 8.78 Å². The molecule has 0 spiro atoms. The predicted molar refractivity (Wildman–Crippen MR) is 56.1 cm³/mol. The normalized spacial score (nSPS) is 10.6. The number of nitrogen functional groups attached to an aromatic ring is 1. The predicted octanol–water partition coefficient (Wildman–Crippen LogP) is 2.70. The lowest BCUT2D eigenvalue weighted by molar-refractivity contribution is 0.508. The van der Waals surface area contributed by atoms with Crippen LogP contribution in [0.2, 0.25) is 0 Å². The van der Waals surface area contributed by atoms with Crippen molar-refractivity contribution < 1.29 is 8.78 Å². The molecule has 3 N–H and O–H groups in total. The molecule has 0 saturated carbocycles. The standard InChI is InChI=1S/C9H6BrF2N3/c10-6-2-8(12)7(11)1-4(6)5-3-14-15-9(5)13/h1-3H,(H3,13,14,15). The lowest BCUT2D eigenvalue weighted by Crippen LogP contribution is -1.91. The van der Waals surface area contributed by atoms with Crippen molar-refractivity contribution in [3.8, 4) is 11.1 Å².